The van der Waals surface area contributed by atoms with Crippen molar-refractivity contribution in [3.8, 4) is 5.75 Å². The van der Waals surface area contributed by atoms with Crippen LogP contribution in [0, 0.1) is 0 Å². The van der Waals surface area contributed by atoms with Gasteiger partial charge < -0.3 is 4.74 Å². The highest BCUT2D eigenvalue weighted by Crippen LogP contribution is 2.28. The summed E-state index contributed by atoms with van der Waals surface area (Å²) in [6.45, 7) is 2.41. The highest BCUT2D eigenvalue weighted by Gasteiger charge is 2.18. The van der Waals surface area contributed by atoms with Gasteiger partial charge in [0.1, 0.15) is 11.1 Å². The van der Waals surface area contributed by atoms with Gasteiger partial charge in [0.2, 0.25) is 0 Å². The van der Waals surface area contributed by atoms with Gasteiger partial charge in [0, 0.05) is 0 Å². The molecule has 4 heteroatoms. The van der Waals surface area contributed by atoms with Gasteiger partial charge in [-0.25, -0.2) is 8.78 Å². The monoisotopic (exact) mass is 220 g/mol. The van der Waals surface area contributed by atoms with Crippen LogP contribution in [0.1, 0.15) is 17.9 Å². The van der Waals surface area contributed by atoms with E-state index in [0.717, 1.165) is 0 Å². The maximum absolute atomic E-state index is 12.2. The largest absolute Gasteiger partial charge is 0.494 e. The average molecular weight is 221 g/mol. The standard InChI is InChI=1S/C10H11ClF2O/c1-2-14-8-5-3-7(4-6-8)9(11)10(12)13/h3-6,9-10H,2H2,1H3. The van der Waals surface area contributed by atoms with E-state index in [4.69, 9.17) is 16.3 Å². The molecule has 0 amide bonds. The Bertz CT molecular complexity index is 274. The molecule has 0 fully saturated rings. The number of alkyl halides is 3. The molecule has 1 rings (SSSR count). The number of ether oxygens (including phenoxy) is 1. The van der Waals surface area contributed by atoms with Crippen LogP contribution in [0.15, 0.2) is 24.3 Å². The lowest BCUT2D eigenvalue weighted by atomic mass is 10.1. The van der Waals surface area contributed by atoms with Crippen LogP contribution in [0.4, 0.5) is 8.78 Å². The van der Waals surface area contributed by atoms with Crippen molar-refractivity contribution in [1.82, 2.24) is 0 Å². The molecule has 1 atom stereocenters. The Balaban J connectivity index is 2.72. The Morgan fingerprint density at radius 2 is 1.86 bits per heavy atom. The maximum Gasteiger partial charge on any atom is 0.258 e. The number of hydrogen-bond acceptors (Lipinski definition) is 1. The second-order valence-corrected chi connectivity index (χ2v) is 3.21. The Hall–Kier alpha value is -0.830. The summed E-state index contributed by atoms with van der Waals surface area (Å²) in [6.07, 6.45) is -2.55. The highest BCUT2D eigenvalue weighted by molar-refractivity contribution is 6.21. The zero-order valence-corrected chi connectivity index (χ0v) is 8.47. The lowest BCUT2D eigenvalue weighted by molar-refractivity contribution is 0.143. The number of rotatable bonds is 4. The van der Waals surface area contributed by atoms with Gasteiger partial charge in [-0.05, 0) is 24.6 Å². The Morgan fingerprint density at radius 3 is 2.29 bits per heavy atom. The fraction of sp³-hybridized carbons (Fsp3) is 0.400. The van der Waals surface area contributed by atoms with Gasteiger partial charge in [-0.3, -0.25) is 0 Å². The van der Waals surface area contributed by atoms with Gasteiger partial charge in [-0.2, -0.15) is 0 Å². The average Bonchev–Trinajstić information content (AvgIpc) is 2.18. The van der Waals surface area contributed by atoms with Crippen LogP contribution in [0.3, 0.4) is 0 Å². The van der Waals surface area contributed by atoms with Crippen LogP contribution in [-0.4, -0.2) is 13.0 Å². The Kier molecular flexibility index (Phi) is 4.14. The van der Waals surface area contributed by atoms with E-state index in [9.17, 15) is 8.78 Å². The van der Waals surface area contributed by atoms with Gasteiger partial charge >= 0.3 is 0 Å². The van der Waals surface area contributed by atoms with Crippen molar-refractivity contribution in [1.29, 1.82) is 0 Å². The van der Waals surface area contributed by atoms with E-state index in [1.165, 1.54) is 0 Å². The number of halogens is 3. The molecule has 0 saturated heterocycles. The predicted octanol–water partition coefficient (Wildman–Crippen LogP) is 3.63. The van der Waals surface area contributed by atoms with Crippen LogP contribution in [0.5, 0.6) is 5.75 Å². The summed E-state index contributed by atoms with van der Waals surface area (Å²) in [5.74, 6) is 0.661. The van der Waals surface area contributed by atoms with Crippen molar-refractivity contribution < 1.29 is 13.5 Å². The summed E-state index contributed by atoms with van der Waals surface area (Å²) in [4.78, 5) is 0. The molecule has 78 valence electrons. The minimum absolute atomic E-state index is 0.408. The summed E-state index contributed by atoms with van der Waals surface area (Å²) in [6, 6.07) is 6.37. The smallest absolute Gasteiger partial charge is 0.258 e. The number of benzene rings is 1. The molecule has 1 unspecified atom stereocenters. The second-order valence-electron chi connectivity index (χ2n) is 2.74. The van der Waals surface area contributed by atoms with Gasteiger partial charge in [0.25, 0.3) is 6.43 Å². The van der Waals surface area contributed by atoms with Crippen molar-refractivity contribution in [3.05, 3.63) is 29.8 Å². The SMILES string of the molecule is CCOc1ccc(C(Cl)C(F)F)cc1. The first-order valence-corrected chi connectivity index (χ1v) is 4.73. The normalized spacial score (nSPS) is 12.9. The fourth-order valence-corrected chi connectivity index (χ4v) is 1.21. The molecule has 1 aromatic rings. The molecular weight excluding hydrogens is 210 g/mol. The summed E-state index contributed by atoms with van der Waals surface area (Å²) < 4.78 is 29.6. The minimum atomic E-state index is -2.55. The molecule has 0 radical (unpaired) electrons. The molecule has 0 saturated carbocycles. The predicted molar refractivity (Wildman–Crippen MR) is 52.2 cm³/mol. The molecule has 0 aliphatic rings. The molecular formula is C10H11ClF2O. The first kappa shape index (κ1) is 11.2. The molecule has 0 spiro atoms. The minimum Gasteiger partial charge on any atom is -0.494 e. The molecule has 0 aliphatic carbocycles. The van der Waals surface area contributed by atoms with Crippen molar-refractivity contribution in [2.24, 2.45) is 0 Å². The third-order valence-electron chi connectivity index (χ3n) is 1.73. The molecule has 0 heterocycles. The summed E-state index contributed by atoms with van der Waals surface area (Å²) in [7, 11) is 0. The zero-order chi connectivity index (χ0) is 10.6. The third-order valence-corrected chi connectivity index (χ3v) is 2.17. The van der Waals surface area contributed by atoms with E-state index in [0.29, 0.717) is 17.9 Å². The van der Waals surface area contributed by atoms with Crippen LogP contribution >= 0.6 is 11.6 Å². The molecule has 1 aromatic carbocycles. The van der Waals surface area contributed by atoms with Crippen LogP contribution in [0.2, 0.25) is 0 Å². The maximum atomic E-state index is 12.2. The van der Waals surface area contributed by atoms with Gasteiger partial charge in [0.05, 0.1) is 6.61 Å². The van der Waals surface area contributed by atoms with Crippen LogP contribution in [0.25, 0.3) is 0 Å². The first-order valence-electron chi connectivity index (χ1n) is 4.30. The van der Waals surface area contributed by atoms with E-state index >= 15 is 0 Å². The summed E-state index contributed by atoms with van der Waals surface area (Å²) in [5, 5.41) is -1.24. The highest BCUT2D eigenvalue weighted by atomic mass is 35.5. The van der Waals surface area contributed by atoms with E-state index in [2.05, 4.69) is 0 Å². The van der Waals surface area contributed by atoms with E-state index in [1.54, 1.807) is 24.3 Å². The molecule has 0 aliphatic heterocycles. The van der Waals surface area contributed by atoms with E-state index < -0.39 is 11.8 Å². The third kappa shape index (κ3) is 2.84. The Labute approximate surface area is 86.6 Å². The quantitative estimate of drug-likeness (QED) is 0.704. The summed E-state index contributed by atoms with van der Waals surface area (Å²) in [5.41, 5.74) is 0.408. The van der Waals surface area contributed by atoms with Crippen molar-refractivity contribution >= 4 is 11.6 Å². The second kappa shape index (κ2) is 5.15. The fourth-order valence-electron chi connectivity index (χ4n) is 1.06. The summed E-state index contributed by atoms with van der Waals surface area (Å²) >= 11 is 5.48. The molecule has 0 N–H and O–H groups in total. The van der Waals surface area contributed by atoms with Crippen LogP contribution in [-0.2, 0) is 0 Å². The van der Waals surface area contributed by atoms with E-state index in [-0.39, 0.29) is 0 Å². The molecule has 0 bridgehead atoms. The van der Waals surface area contributed by atoms with Gasteiger partial charge in [0.15, 0.2) is 0 Å². The zero-order valence-electron chi connectivity index (χ0n) is 7.71. The lowest BCUT2D eigenvalue weighted by Gasteiger charge is -2.09. The number of hydrogen-bond donors (Lipinski definition) is 0. The van der Waals surface area contributed by atoms with Crippen molar-refractivity contribution in [2.75, 3.05) is 6.61 Å². The topological polar surface area (TPSA) is 9.23 Å². The van der Waals surface area contributed by atoms with Gasteiger partial charge in [-0.15, -0.1) is 11.6 Å². The van der Waals surface area contributed by atoms with Crippen molar-refractivity contribution in [3.63, 3.8) is 0 Å². The van der Waals surface area contributed by atoms with E-state index in [1.807, 2.05) is 6.92 Å². The molecule has 0 aromatic heterocycles. The molecule has 1 nitrogen and oxygen atoms in total. The first-order chi connectivity index (χ1) is 6.65. The van der Waals surface area contributed by atoms with Gasteiger partial charge in [-0.1, -0.05) is 12.1 Å². The van der Waals surface area contributed by atoms with Crippen LogP contribution < -0.4 is 4.74 Å². The Morgan fingerprint density at radius 1 is 1.29 bits per heavy atom. The lowest BCUT2D eigenvalue weighted by Crippen LogP contribution is -2.01. The van der Waals surface area contributed by atoms with Crippen molar-refractivity contribution in [2.45, 2.75) is 18.7 Å². The molecule has 14 heavy (non-hydrogen) atoms.